The van der Waals surface area contributed by atoms with E-state index in [1.165, 1.54) is 32.1 Å². The van der Waals surface area contributed by atoms with Crippen LogP contribution in [0.1, 0.15) is 38.5 Å². The third-order valence-corrected chi connectivity index (χ3v) is 3.29. The maximum atomic E-state index is 9.58. The van der Waals surface area contributed by atoms with Crippen LogP contribution in [-0.4, -0.2) is 11.2 Å². The third-order valence-electron chi connectivity index (χ3n) is 3.29. The van der Waals surface area contributed by atoms with Gasteiger partial charge in [0, 0.05) is 0 Å². The molecule has 2 aliphatic carbocycles. The molecule has 1 N–H and O–H groups in total. The first-order valence-electron chi connectivity index (χ1n) is 4.56. The van der Waals surface area contributed by atoms with Gasteiger partial charge in [0.05, 0.1) is 6.10 Å². The smallest absolute Gasteiger partial charge is 0.0571 e. The molecule has 0 aliphatic heterocycles. The lowest BCUT2D eigenvalue weighted by Gasteiger charge is -2.29. The van der Waals surface area contributed by atoms with Crippen LogP contribution in [0.15, 0.2) is 0 Å². The van der Waals surface area contributed by atoms with Gasteiger partial charge in [0.15, 0.2) is 0 Å². The van der Waals surface area contributed by atoms with Gasteiger partial charge in [0.1, 0.15) is 0 Å². The second-order valence-electron chi connectivity index (χ2n) is 3.85. The molecular weight excluding hydrogens is 124 g/mol. The molecule has 2 rings (SSSR count). The molecule has 2 fully saturated rings. The van der Waals surface area contributed by atoms with Crippen molar-refractivity contribution in [2.45, 2.75) is 44.6 Å². The molecule has 0 heterocycles. The molecule has 0 saturated heterocycles. The van der Waals surface area contributed by atoms with Gasteiger partial charge in [0.25, 0.3) is 0 Å². The molecule has 0 amide bonds. The minimum absolute atomic E-state index is 0.0567. The van der Waals surface area contributed by atoms with Crippen molar-refractivity contribution < 1.29 is 5.11 Å². The SMILES string of the molecule is O[C@@H]1CCC[C@@H]2CCC[C@@H]21. The lowest BCUT2D eigenvalue weighted by Crippen LogP contribution is -2.28. The number of aliphatic hydroxyl groups excluding tert-OH is 1. The summed E-state index contributed by atoms with van der Waals surface area (Å²) in [7, 11) is 0. The highest BCUT2D eigenvalue weighted by Crippen LogP contribution is 2.41. The van der Waals surface area contributed by atoms with E-state index in [4.69, 9.17) is 0 Å². The van der Waals surface area contributed by atoms with Crippen LogP contribution in [0.25, 0.3) is 0 Å². The Morgan fingerprint density at radius 1 is 0.900 bits per heavy atom. The van der Waals surface area contributed by atoms with Crippen molar-refractivity contribution in [3.8, 4) is 0 Å². The summed E-state index contributed by atoms with van der Waals surface area (Å²) in [6, 6.07) is 0. The van der Waals surface area contributed by atoms with Crippen LogP contribution in [0.2, 0.25) is 0 Å². The van der Waals surface area contributed by atoms with Crippen molar-refractivity contribution in [2.24, 2.45) is 11.8 Å². The van der Waals surface area contributed by atoms with Crippen LogP contribution < -0.4 is 0 Å². The van der Waals surface area contributed by atoms with Gasteiger partial charge >= 0.3 is 0 Å². The van der Waals surface area contributed by atoms with Crippen molar-refractivity contribution >= 4 is 0 Å². The summed E-state index contributed by atoms with van der Waals surface area (Å²) in [5, 5.41) is 9.58. The molecule has 3 atom stereocenters. The normalized spacial score (nSPS) is 47.1. The Kier molecular flexibility index (Phi) is 1.69. The largest absolute Gasteiger partial charge is 0.393 e. The highest BCUT2D eigenvalue weighted by molar-refractivity contribution is 4.86. The zero-order chi connectivity index (χ0) is 6.97. The fraction of sp³-hybridized carbons (Fsp3) is 1.00. The van der Waals surface area contributed by atoms with E-state index < -0.39 is 0 Å². The molecule has 0 bridgehead atoms. The Morgan fingerprint density at radius 3 is 2.30 bits per heavy atom. The van der Waals surface area contributed by atoms with Gasteiger partial charge in [-0.05, 0) is 31.1 Å². The summed E-state index contributed by atoms with van der Waals surface area (Å²) in [6.07, 6.45) is 7.84. The number of hydrogen-bond acceptors (Lipinski definition) is 1. The third kappa shape index (κ3) is 0.968. The maximum absolute atomic E-state index is 9.58. The van der Waals surface area contributed by atoms with Crippen LogP contribution >= 0.6 is 0 Å². The van der Waals surface area contributed by atoms with Crippen molar-refractivity contribution in [3.63, 3.8) is 0 Å². The standard InChI is InChI=1S/C9H16O/c10-9-6-2-4-7-3-1-5-8(7)9/h7-10H,1-6H2/t7-,8-,9+/m0/s1. The average Bonchev–Trinajstić information content (AvgIpc) is 2.36. The number of hydrogen-bond donors (Lipinski definition) is 1. The molecule has 0 aromatic rings. The van der Waals surface area contributed by atoms with E-state index in [1.807, 2.05) is 0 Å². The molecule has 0 radical (unpaired) electrons. The fourth-order valence-electron chi connectivity index (χ4n) is 2.73. The second kappa shape index (κ2) is 2.54. The summed E-state index contributed by atoms with van der Waals surface area (Å²) in [4.78, 5) is 0. The fourth-order valence-corrected chi connectivity index (χ4v) is 2.73. The molecule has 0 aromatic carbocycles. The molecule has 2 aliphatic rings. The van der Waals surface area contributed by atoms with Crippen molar-refractivity contribution in [1.82, 2.24) is 0 Å². The van der Waals surface area contributed by atoms with E-state index in [0.29, 0.717) is 5.92 Å². The number of aliphatic hydroxyl groups is 1. The summed E-state index contributed by atoms with van der Waals surface area (Å²) in [5.41, 5.74) is 0. The highest BCUT2D eigenvalue weighted by atomic mass is 16.3. The zero-order valence-electron chi connectivity index (χ0n) is 6.42. The molecular formula is C9H16O. The predicted molar refractivity (Wildman–Crippen MR) is 40.7 cm³/mol. The minimum atomic E-state index is 0.0567. The Bertz CT molecular complexity index is 122. The first-order chi connectivity index (χ1) is 4.88. The van der Waals surface area contributed by atoms with Gasteiger partial charge < -0.3 is 5.11 Å². The Labute approximate surface area is 62.4 Å². The Balaban J connectivity index is 2.03. The van der Waals surface area contributed by atoms with Crippen molar-refractivity contribution in [1.29, 1.82) is 0 Å². The van der Waals surface area contributed by atoms with Crippen LogP contribution in [0.5, 0.6) is 0 Å². The lowest BCUT2D eigenvalue weighted by molar-refractivity contribution is 0.0477. The van der Waals surface area contributed by atoms with E-state index in [2.05, 4.69) is 0 Å². The van der Waals surface area contributed by atoms with E-state index in [1.54, 1.807) is 0 Å². The van der Waals surface area contributed by atoms with Crippen molar-refractivity contribution in [2.75, 3.05) is 0 Å². The second-order valence-corrected chi connectivity index (χ2v) is 3.85. The Morgan fingerprint density at radius 2 is 1.60 bits per heavy atom. The van der Waals surface area contributed by atoms with Crippen LogP contribution in [-0.2, 0) is 0 Å². The van der Waals surface area contributed by atoms with Crippen LogP contribution in [0.4, 0.5) is 0 Å². The Hall–Kier alpha value is -0.0400. The van der Waals surface area contributed by atoms with E-state index >= 15 is 0 Å². The summed E-state index contributed by atoms with van der Waals surface area (Å²) < 4.78 is 0. The van der Waals surface area contributed by atoms with Crippen LogP contribution in [0, 0.1) is 11.8 Å². The number of rotatable bonds is 0. The first kappa shape index (κ1) is 6.66. The van der Waals surface area contributed by atoms with Gasteiger partial charge in [0.2, 0.25) is 0 Å². The highest BCUT2D eigenvalue weighted by Gasteiger charge is 2.35. The number of fused-ring (bicyclic) bond motifs is 1. The summed E-state index contributed by atoms with van der Waals surface area (Å²) in [5.74, 6) is 1.58. The van der Waals surface area contributed by atoms with E-state index in [9.17, 15) is 5.11 Å². The van der Waals surface area contributed by atoms with Gasteiger partial charge in [-0.1, -0.05) is 19.3 Å². The zero-order valence-corrected chi connectivity index (χ0v) is 6.42. The lowest BCUT2D eigenvalue weighted by atomic mass is 9.80. The predicted octanol–water partition coefficient (Wildman–Crippen LogP) is 1.95. The molecule has 0 spiro atoms. The van der Waals surface area contributed by atoms with E-state index in [0.717, 1.165) is 12.3 Å². The van der Waals surface area contributed by atoms with Crippen LogP contribution in [0.3, 0.4) is 0 Å². The average molecular weight is 140 g/mol. The monoisotopic (exact) mass is 140 g/mol. The first-order valence-corrected chi connectivity index (χ1v) is 4.56. The van der Waals surface area contributed by atoms with Crippen molar-refractivity contribution in [3.05, 3.63) is 0 Å². The molecule has 10 heavy (non-hydrogen) atoms. The summed E-state index contributed by atoms with van der Waals surface area (Å²) in [6.45, 7) is 0. The topological polar surface area (TPSA) is 20.2 Å². The van der Waals surface area contributed by atoms with Gasteiger partial charge in [-0.3, -0.25) is 0 Å². The van der Waals surface area contributed by atoms with Gasteiger partial charge in [-0.25, -0.2) is 0 Å². The van der Waals surface area contributed by atoms with E-state index in [-0.39, 0.29) is 6.10 Å². The molecule has 0 aromatic heterocycles. The summed E-state index contributed by atoms with van der Waals surface area (Å²) >= 11 is 0. The maximum Gasteiger partial charge on any atom is 0.0571 e. The minimum Gasteiger partial charge on any atom is -0.393 e. The molecule has 58 valence electrons. The molecule has 1 heteroatoms. The molecule has 2 saturated carbocycles. The molecule has 0 unspecified atom stereocenters. The van der Waals surface area contributed by atoms with Gasteiger partial charge in [-0.2, -0.15) is 0 Å². The molecule has 1 nitrogen and oxygen atoms in total. The quantitative estimate of drug-likeness (QED) is 0.545. The van der Waals surface area contributed by atoms with Gasteiger partial charge in [-0.15, -0.1) is 0 Å².